The first-order valence-corrected chi connectivity index (χ1v) is 6.81. The highest BCUT2D eigenvalue weighted by molar-refractivity contribution is 14.1. The summed E-state index contributed by atoms with van der Waals surface area (Å²) < 4.78 is 14.8. The highest BCUT2D eigenvalue weighted by atomic mass is 127. The van der Waals surface area contributed by atoms with Crippen molar-refractivity contribution in [2.45, 2.75) is 6.04 Å². The van der Waals surface area contributed by atoms with E-state index in [0.717, 1.165) is 29.7 Å². The molecule has 0 amide bonds. The molecule has 0 unspecified atom stereocenters. The van der Waals surface area contributed by atoms with Crippen LogP contribution in [0.5, 0.6) is 0 Å². The second kappa shape index (κ2) is 7.59. The molecule has 1 aromatic rings. The van der Waals surface area contributed by atoms with Gasteiger partial charge in [-0.25, -0.2) is 4.39 Å². The molecule has 6 heteroatoms. The molecular weight excluding hydrogens is 370 g/mol. The van der Waals surface area contributed by atoms with Crippen LogP contribution in [0.15, 0.2) is 18.2 Å². The van der Waals surface area contributed by atoms with Crippen LogP contribution in [-0.2, 0) is 0 Å². The number of halogens is 3. The lowest BCUT2D eigenvalue weighted by atomic mass is 10.0. The molecule has 0 aromatic heterocycles. The van der Waals surface area contributed by atoms with E-state index in [1.54, 1.807) is 6.07 Å². The number of nitrogens with one attached hydrogen (secondary N) is 1. The number of nitrogens with zero attached hydrogens (tertiary/aromatic N) is 1. The zero-order valence-electron chi connectivity index (χ0n) is 9.90. The van der Waals surface area contributed by atoms with Crippen molar-refractivity contribution < 1.29 is 9.50 Å². The smallest absolute Gasteiger partial charge is 0.128 e. The van der Waals surface area contributed by atoms with Gasteiger partial charge in [0.1, 0.15) is 5.82 Å². The molecule has 1 fully saturated rings. The number of aliphatic hydroxyl groups excluding tert-OH is 1. The fourth-order valence-corrected chi connectivity index (χ4v) is 2.69. The standard InChI is InChI=1S/C12H16FIN2O.ClH/c13-11-2-1-9(14)7-10(11)12(8-17)16-5-3-15-4-6-16;/h1-2,7,12,15,17H,3-6,8H2;1H/t12-;/m1./s1. The monoisotopic (exact) mass is 386 g/mol. The summed E-state index contributed by atoms with van der Waals surface area (Å²) in [5, 5.41) is 12.8. The second-order valence-corrected chi connectivity index (χ2v) is 5.40. The van der Waals surface area contributed by atoms with Crippen molar-refractivity contribution in [3.05, 3.63) is 33.1 Å². The van der Waals surface area contributed by atoms with Crippen LogP contribution in [0.25, 0.3) is 0 Å². The molecule has 1 heterocycles. The second-order valence-electron chi connectivity index (χ2n) is 4.15. The summed E-state index contributed by atoms with van der Waals surface area (Å²) in [5.74, 6) is -0.233. The Labute approximate surface area is 126 Å². The third-order valence-electron chi connectivity index (χ3n) is 3.08. The number of hydrogen-bond acceptors (Lipinski definition) is 3. The molecule has 1 aliphatic heterocycles. The molecule has 2 rings (SSSR count). The molecule has 0 spiro atoms. The zero-order chi connectivity index (χ0) is 12.3. The molecule has 102 valence electrons. The summed E-state index contributed by atoms with van der Waals surface area (Å²) in [7, 11) is 0. The minimum Gasteiger partial charge on any atom is -0.394 e. The maximum absolute atomic E-state index is 13.8. The molecule has 1 aromatic carbocycles. The van der Waals surface area contributed by atoms with E-state index in [4.69, 9.17) is 0 Å². The van der Waals surface area contributed by atoms with E-state index in [1.807, 2.05) is 6.07 Å². The van der Waals surface area contributed by atoms with E-state index in [9.17, 15) is 9.50 Å². The molecular formula is C12H17ClFIN2O. The summed E-state index contributed by atoms with van der Waals surface area (Å²) in [5.41, 5.74) is 0.598. The molecule has 1 saturated heterocycles. The van der Waals surface area contributed by atoms with Crippen molar-refractivity contribution in [2.75, 3.05) is 32.8 Å². The average Bonchev–Trinajstić information content (AvgIpc) is 2.36. The first-order valence-electron chi connectivity index (χ1n) is 5.73. The van der Waals surface area contributed by atoms with Crippen LogP contribution in [0.1, 0.15) is 11.6 Å². The van der Waals surface area contributed by atoms with E-state index >= 15 is 0 Å². The largest absolute Gasteiger partial charge is 0.394 e. The first-order chi connectivity index (χ1) is 8.22. The van der Waals surface area contributed by atoms with Gasteiger partial charge in [-0.05, 0) is 40.8 Å². The molecule has 1 aliphatic rings. The van der Waals surface area contributed by atoms with Gasteiger partial charge in [0.15, 0.2) is 0 Å². The van der Waals surface area contributed by atoms with Crippen LogP contribution in [0, 0.1) is 9.39 Å². The van der Waals surface area contributed by atoms with Crippen molar-refractivity contribution in [3.63, 3.8) is 0 Å². The van der Waals surface area contributed by atoms with E-state index in [1.165, 1.54) is 6.07 Å². The lowest BCUT2D eigenvalue weighted by Crippen LogP contribution is -2.46. The number of hydrogen-bond donors (Lipinski definition) is 2. The quantitative estimate of drug-likeness (QED) is 0.778. The lowest BCUT2D eigenvalue weighted by molar-refractivity contribution is 0.108. The molecule has 0 radical (unpaired) electrons. The molecule has 0 aliphatic carbocycles. The van der Waals surface area contributed by atoms with E-state index < -0.39 is 0 Å². The van der Waals surface area contributed by atoms with Crippen LogP contribution in [-0.4, -0.2) is 42.8 Å². The Morgan fingerprint density at radius 3 is 2.67 bits per heavy atom. The SMILES string of the molecule is Cl.OC[C@H](c1cc(I)ccc1F)N1CCNCC1. The predicted octanol–water partition coefficient (Wildman–Crippen LogP) is 1.79. The van der Waals surface area contributed by atoms with E-state index in [0.29, 0.717) is 5.56 Å². The molecule has 2 N–H and O–H groups in total. The van der Waals surface area contributed by atoms with Gasteiger partial charge in [0.05, 0.1) is 12.6 Å². The summed E-state index contributed by atoms with van der Waals surface area (Å²) in [6.45, 7) is 3.42. The van der Waals surface area contributed by atoms with E-state index in [-0.39, 0.29) is 30.9 Å². The normalized spacial score (nSPS) is 18.2. The van der Waals surface area contributed by atoms with Crippen molar-refractivity contribution in [2.24, 2.45) is 0 Å². The zero-order valence-corrected chi connectivity index (χ0v) is 12.9. The maximum Gasteiger partial charge on any atom is 0.128 e. The molecule has 0 saturated carbocycles. The summed E-state index contributed by atoms with van der Waals surface area (Å²) in [4.78, 5) is 2.13. The van der Waals surface area contributed by atoms with E-state index in [2.05, 4.69) is 32.8 Å². The molecule has 3 nitrogen and oxygen atoms in total. The van der Waals surface area contributed by atoms with Gasteiger partial charge in [-0.1, -0.05) is 0 Å². The van der Waals surface area contributed by atoms with Gasteiger partial charge in [0.2, 0.25) is 0 Å². The predicted molar refractivity (Wildman–Crippen MR) is 80.6 cm³/mol. The summed E-state index contributed by atoms with van der Waals surface area (Å²) in [6, 6.07) is 4.80. The molecule has 18 heavy (non-hydrogen) atoms. The van der Waals surface area contributed by atoms with Gasteiger partial charge in [-0.2, -0.15) is 0 Å². The Morgan fingerprint density at radius 1 is 1.39 bits per heavy atom. The Balaban J connectivity index is 0.00000162. The highest BCUT2D eigenvalue weighted by Crippen LogP contribution is 2.25. The van der Waals surface area contributed by atoms with Crippen LogP contribution < -0.4 is 5.32 Å². The van der Waals surface area contributed by atoms with Crippen LogP contribution in [0.2, 0.25) is 0 Å². The van der Waals surface area contributed by atoms with Crippen LogP contribution in [0.3, 0.4) is 0 Å². The van der Waals surface area contributed by atoms with Crippen molar-refractivity contribution in [1.82, 2.24) is 10.2 Å². The van der Waals surface area contributed by atoms with Crippen molar-refractivity contribution in [1.29, 1.82) is 0 Å². The third kappa shape index (κ3) is 3.77. The van der Waals surface area contributed by atoms with Gasteiger partial charge in [-0.3, -0.25) is 4.90 Å². The van der Waals surface area contributed by atoms with Gasteiger partial charge in [0.25, 0.3) is 0 Å². The Hall–Kier alpha value is 0.0500. The van der Waals surface area contributed by atoms with Gasteiger partial charge < -0.3 is 10.4 Å². The Bertz CT molecular complexity index is 388. The van der Waals surface area contributed by atoms with Gasteiger partial charge in [-0.15, -0.1) is 12.4 Å². The summed E-state index contributed by atoms with van der Waals surface area (Å²) >= 11 is 2.16. The minimum atomic E-state index is -0.233. The first kappa shape index (κ1) is 16.1. The Kier molecular flexibility index (Phi) is 6.79. The minimum absolute atomic E-state index is 0. The number of aliphatic hydroxyl groups is 1. The average molecular weight is 387 g/mol. The Morgan fingerprint density at radius 2 is 2.06 bits per heavy atom. The maximum atomic E-state index is 13.8. The number of benzene rings is 1. The number of piperazine rings is 1. The molecule has 1 atom stereocenters. The fourth-order valence-electron chi connectivity index (χ4n) is 2.17. The fraction of sp³-hybridized carbons (Fsp3) is 0.500. The van der Waals surface area contributed by atoms with Gasteiger partial charge >= 0.3 is 0 Å². The lowest BCUT2D eigenvalue weighted by Gasteiger charge is -2.34. The summed E-state index contributed by atoms with van der Waals surface area (Å²) in [6.07, 6.45) is 0. The highest BCUT2D eigenvalue weighted by Gasteiger charge is 2.23. The van der Waals surface area contributed by atoms with Crippen LogP contribution >= 0.6 is 35.0 Å². The topological polar surface area (TPSA) is 35.5 Å². The third-order valence-corrected chi connectivity index (χ3v) is 3.75. The van der Waals surface area contributed by atoms with Crippen LogP contribution in [0.4, 0.5) is 4.39 Å². The number of rotatable bonds is 3. The van der Waals surface area contributed by atoms with Crippen molar-refractivity contribution >= 4 is 35.0 Å². The molecule has 0 bridgehead atoms. The van der Waals surface area contributed by atoms with Crippen molar-refractivity contribution in [3.8, 4) is 0 Å². The van der Waals surface area contributed by atoms with Gasteiger partial charge in [0, 0.05) is 35.3 Å².